The van der Waals surface area contributed by atoms with Crippen LogP contribution in [0.5, 0.6) is 0 Å². The minimum atomic E-state index is -1.46. The molecule has 0 unspecified atom stereocenters. The van der Waals surface area contributed by atoms with Crippen LogP contribution in [-0.4, -0.2) is 87.6 Å². The third-order valence-corrected chi connectivity index (χ3v) is 9.75. The number of hydrogen-bond acceptors (Lipinski definition) is 7. The van der Waals surface area contributed by atoms with Gasteiger partial charge in [-0.3, -0.25) is 19.2 Å². The molecule has 1 aromatic carbocycles. The molecule has 4 aliphatic heterocycles. The number of hydrogen-bond donors (Lipinski definition) is 2. The Hall–Kier alpha value is -3.50. The summed E-state index contributed by atoms with van der Waals surface area (Å²) in [5, 5.41) is 13.3. The Morgan fingerprint density at radius 2 is 1.76 bits per heavy atom. The highest BCUT2D eigenvalue weighted by Crippen LogP contribution is 2.54. The number of benzene rings is 1. The fourth-order valence-electron chi connectivity index (χ4n) is 8.09. The number of nitrogens with zero attached hydrogens (tertiary/aromatic N) is 2. The number of aliphatic hydroxyl groups excluding tert-OH is 1. The zero-order valence-corrected chi connectivity index (χ0v) is 27.9. The number of nitrogens with one attached hydrogen (secondary N) is 1. The van der Waals surface area contributed by atoms with E-state index in [9.17, 15) is 24.3 Å². The number of allylic oxidation sites excluding steroid dienone is 1. The maximum atomic E-state index is 14.8. The first-order valence-corrected chi connectivity index (χ1v) is 16.5. The summed E-state index contributed by atoms with van der Waals surface area (Å²) in [7, 11) is 0. The van der Waals surface area contributed by atoms with E-state index in [1.807, 2.05) is 62.1 Å². The lowest BCUT2D eigenvalue weighted by atomic mass is 9.77. The molecule has 2 fully saturated rings. The van der Waals surface area contributed by atoms with E-state index in [2.05, 4.69) is 26.1 Å². The fourth-order valence-corrected chi connectivity index (χ4v) is 8.09. The second kappa shape index (κ2) is 13.0. The van der Waals surface area contributed by atoms with Crippen molar-refractivity contribution in [1.29, 1.82) is 0 Å². The molecule has 7 atom stereocenters. The van der Waals surface area contributed by atoms with Crippen LogP contribution in [0.4, 0.5) is 0 Å². The first-order chi connectivity index (χ1) is 21.7. The lowest BCUT2D eigenvalue weighted by molar-refractivity contribution is -0.161. The van der Waals surface area contributed by atoms with E-state index in [0.717, 1.165) is 0 Å². The van der Waals surface area contributed by atoms with Crippen molar-refractivity contribution in [3.8, 4) is 0 Å². The zero-order valence-electron chi connectivity index (χ0n) is 27.9. The first kappa shape index (κ1) is 33.9. The second-order valence-corrected chi connectivity index (χ2v) is 14.8. The van der Waals surface area contributed by atoms with E-state index in [4.69, 9.17) is 9.47 Å². The highest BCUT2D eigenvalue weighted by Gasteiger charge is 2.72. The summed E-state index contributed by atoms with van der Waals surface area (Å²) in [6.45, 7) is 12.4. The molecule has 2 saturated heterocycles. The number of ether oxygens (including phenoxy) is 2. The zero-order chi connectivity index (χ0) is 33.4. The van der Waals surface area contributed by atoms with Gasteiger partial charge in [0.1, 0.15) is 23.7 Å². The molecule has 0 aromatic heterocycles. The standard InChI is InChI=1S/C36H49N3O7/c1-7-24(21-40)39-30-32(43)38(35(5,6)22-34(2,3)4)19-13-18-36(30)29(31(39)42)28-25(46-36)16-11-12-17-27(41)37-20-26(45-33(28)44)23-14-9-8-10-15-23/h8-11,13-16,18,24-26,28-30,40H,7,12,17,19-22H2,1-6H3,(H,37,41)/b16-11-/t24-,25+,26-,28-,29-,30+,36-/m0/s1. The van der Waals surface area contributed by atoms with Crippen molar-refractivity contribution in [2.24, 2.45) is 17.3 Å². The molecule has 4 heterocycles. The highest BCUT2D eigenvalue weighted by molar-refractivity contribution is 5.99. The average molecular weight is 636 g/mol. The summed E-state index contributed by atoms with van der Waals surface area (Å²) < 4.78 is 12.9. The molecule has 1 spiro atoms. The van der Waals surface area contributed by atoms with Crippen LogP contribution < -0.4 is 5.32 Å². The van der Waals surface area contributed by atoms with Crippen LogP contribution in [-0.2, 0) is 28.7 Å². The van der Waals surface area contributed by atoms with Crippen LogP contribution in [0, 0.1) is 17.3 Å². The van der Waals surface area contributed by atoms with Gasteiger partial charge in [-0.15, -0.1) is 0 Å². The van der Waals surface area contributed by atoms with Gasteiger partial charge < -0.3 is 29.7 Å². The molecule has 10 heteroatoms. The Morgan fingerprint density at radius 1 is 1.04 bits per heavy atom. The second-order valence-electron chi connectivity index (χ2n) is 14.8. The van der Waals surface area contributed by atoms with Gasteiger partial charge in [-0.05, 0) is 44.1 Å². The maximum absolute atomic E-state index is 14.8. The Kier molecular flexibility index (Phi) is 9.53. The summed E-state index contributed by atoms with van der Waals surface area (Å²) >= 11 is 0. The summed E-state index contributed by atoms with van der Waals surface area (Å²) in [5.74, 6) is -3.60. The minimum Gasteiger partial charge on any atom is -0.455 e. The van der Waals surface area contributed by atoms with Crippen molar-refractivity contribution in [3.63, 3.8) is 0 Å². The third-order valence-electron chi connectivity index (χ3n) is 9.75. The monoisotopic (exact) mass is 635 g/mol. The Bertz CT molecular complexity index is 1380. The van der Waals surface area contributed by atoms with E-state index < -0.39 is 59.1 Å². The van der Waals surface area contributed by atoms with Gasteiger partial charge >= 0.3 is 5.97 Å². The van der Waals surface area contributed by atoms with Crippen LogP contribution >= 0.6 is 0 Å². The van der Waals surface area contributed by atoms with Crippen molar-refractivity contribution >= 4 is 23.7 Å². The van der Waals surface area contributed by atoms with Gasteiger partial charge in [0, 0.05) is 18.5 Å². The number of cyclic esters (lactones) is 1. The number of fused-ring (bicyclic) bond motifs is 2. The highest BCUT2D eigenvalue weighted by atomic mass is 16.6. The number of esters is 1. The summed E-state index contributed by atoms with van der Waals surface area (Å²) in [4.78, 5) is 59.7. The molecule has 3 amide bonds. The molecule has 5 rings (SSSR count). The quantitative estimate of drug-likeness (QED) is 0.361. The van der Waals surface area contributed by atoms with Crippen LogP contribution in [0.3, 0.4) is 0 Å². The third kappa shape index (κ3) is 6.26. The Morgan fingerprint density at radius 3 is 2.41 bits per heavy atom. The molecule has 250 valence electrons. The molecule has 0 aliphatic carbocycles. The minimum absolute atomic E-state index is 0.0771. The van der Waals surface area contributed by atoms with Crippen LogP contribution in [0.25, 0.3) is 0 Å². The van der Waals surface area contributed by atoms with Gasteiger partial charge in [-0.2, -0.15) is 0 Å². The number of amides is 3. The van der Waals surface area contributed by atoms with Gasteiger partial charge in [0.05, 0.1) is 31.2 Å². The van der Waals surface area contributed by atoms with Crippen molar-refractivity contribution in [3.05, 3.63) is 60.2 Å². The summed E-state index contributed by atoms with van der Waals surface area (Å²) in [5.41, 5.74) is -1.39. The van der Waals surface area contributed by atoms with E-state index >= 15 is 0 Å². The van der Waals surface area contributed by atoms with E-state index in [0.29, 0.717) is 31.4 Å². The maximum Gasteiger partial charge on any atom is 0.313 e. The lowest BCUT2D eigenvalue weighted by Gasteiger charge is -2.45. The lowest BCUT2D eigenvalue weighted by Crippen LogP contribution is -2.61. The molecular weight excluding hydrogens is 586 g/mol. The molecule has 0 bridgehead atoms. The summed E-state index contributed by atoms with van der Waals surface area (Å²) in [6, 6.07) is 7.44. The summed E-state index contributed by atoms with van der Waals surface area (Å²) in [6.07, 6.45) is 7.32. The number of rotatable bonds is 6. The molecular formula is C36H49N3O7. The number of aliphatic hydroxyl groups is 1. The normalized spacial score (nSPS) is 31.9. The van der Waals surface area contributed by atoms with E-state index in [1.54, 1.807) is 18.2 Å². The Labute approximate surface area is 272 Å². The number of carbonyl (C=O) groups is 4. The molecule has 0 saturated carbocycles. The molecule has 0 radical (unpaired) electrons. The fraction of sp³-hybridized carbons (Fsp3) is 0.611. The number of likely N-dealkylation sites (tertiary alicyclic amines) is 1. The first-order valence-electron chi connectivity index (χ1n) is 16.5. The van der Waals surface area contributed by atoms with Crippen molar-refractivity contribution < 1.29 is 33.8 Å². The van der Waals surface area contributed by atoms with Crippen molar-refractivity contribution in [2.75, 3.05) is 19.7 Å². The van der Waals surface area contributed by atoms with Crippen molar-refractivity contribution in [2.45, 2.75) is 103 Å². The van der Waals surface area contributed by atoms with Crippen molar-refractivity contribution in [1.82, 2.24) is 15.1 Å². The molecule has 1 aromatic rings. The Balaban J connectivity index is 1.61. The number of carbonyl (C=O) groups excluding carboxylic acids is 4. The van der Waals surface area contributed by atoms with Gasteiger partial charge in [0.25, 0.3) is 0 Å². The van der Waals surface area contributed by atoms with Crippen LogP contribution in [0.1, 0.15) is 78.9 Å². The van der Waals surface area contributed by atoms with Gasteiger partial charge in [-0.1, -0.05) is 82.3 Å². The molecule has 46 heavy (non-hydrogen) atoms. The van der Waals surface area contributed by atoms with Gasteiger partial charge in [0.15, 0.2) is 0 Å². The topological polar surface area (TPSA) is 125 Å². The van der Waals surface area contributed by atoms with Crippen LogP contribution in [0.15, 0.2) is 54.6 Å². The predicted molar refractivity (Wildman–Crippen MR) is 172 cm³/mol. The van der Waals surface area contributed by atoms with Gasteiger partial charge in [0.2, 0.25) is 17.7 Å². The van der Waals surface area contributed by atoms with E-state index in [-0.39, 0.29) is 36.8 Å². The molecule has 10 nitrogen and oxygen atoms in total. The smallest absolute Gasteiger partial charge is 0.313 e. The van der Waals surface area contributed by atoms with Gasteiger partial charge in [-0.25, -0.2) is 0 Å². The van der Waals surface area contributed by atoms with E-state index in [1.165, 1.54) is 4.90 Å². The largest absolute Gasteiger partial charge is 0.455 e. The SMILES string of the molecule is CC[C@@H](CO)N1C(=O)[C@@H]2[C@H]3C(=O)O[C@H](c4ccccc4)CNC(=O)CC/C=C\[C@H]3O[C@@]23C=CCN(C(C)(C)CC(C)(C)C)C(=O)[C@@H]13. The molecule has 4 aliphatic rings. The van der Waals surface area contributed by atoms with Crippen LogP contribution in [0.2, 0.25) is 0 Å². The predicted octanol–water partition coefficient (Wildman–Crippen LogP) is 3.70. The average Bonchev–Trinajstić information content (AvgIpc) is 3.37. The molecule has 2 N–H and O–H groups in total.